The second kappa shape index (κ2) is 8.10. The van der Waals surface area contributed by atoms with E-state index >= 15 is 0 Å². The topological polar surface area (TPSA) is 48.3 Å². The molecule has 2 heterocycles. The fourth-order valence-electron chi connectivity index (χ4n) is 3.31. The third-order valence-electron chi connectivity index (χ3n) is 4.69. The van der Waals surface area contributed by atoms with Gasteiger partial charge < -0.3 is 19.4 Å². The summed E-state index contributed by atoms with van der Waals surface area (Å²) in [5.74, 6) is 0. The number of aryl methyl sites for hydroxylation is 1. The van der Waals surface area contributed by atoms with Crippen molar-refractivity contribution < 1.29 is 9.47 Å². The minimum atomic E-state index is 0.325. The van der Waals surface area contributed by atoms with Gasteiger partial charge in [0, 0.05) is 63.0 Å². The van der Waals surface area contributed by atoms with Crippen molar-refractivity contribution in [3.8, 4) is 0 Å². The molecule has 2 aromatic heterocycles. The van der Waals surface area contributed by atoms with Crippen LogP contribution in [0.4, 0.5) is 0 Å². The van der Waals surface area contributed by atoms with E-state index in [2.05, 4.69) is 29.1 Å². The maximum Gasteiger partial charge on any atom is 0.0932 e. The Labute approximate surface area is 144 Å². The first kappa shape index (κ1) is 17.4. The summed E-state index contributed by atoms with van der Waals surface area (Å²) in [6.45, 7) is 4.66. The third-order valence-corrected chi connectivity index (χ3v) is 4.69. The Morgan fingerprint density at radius 3 is 2.83 bits per heavy atom. The van der Waals surface area contributed by atoms with Gasteiger partial charge >= 0.3 is 0 Å². The molecule has 1 atom stereocenters. The van der Waals surface area contributed by atoms with Crippen molar-refractivity contribution in [2.45, 2.75) is 57.8 Å². The van der Waals surface area contributed by atoms with Crippen molar-refractivity contribution in [1.82, 2.24) is 14.9 Å². The van der Waals surface area contributed by atoms with Crippen LogP contribution in [-0.2, 0) is 22.6 Å². The van der Waals surface area contributed by atoms with Gasteiger partial charge in [0.2, 0.25) is 0 Å². The number of nitrogens with one attached hydrogen (secondary N) is 1. The molecule has 0 bridgehead atoms. The monoisotopic (exact) mass is 331 g/mol. The summed E-state index contributed by atoms with van der Waals surface area (Å²) in [6.07, 6.45) is 8.94. The molecule has 1 aliphatic carbocycles. The first-order chi connectivity index (χ1) is 11.7. The summed E-state index contributed by atoms with van der Waals surface area (Å²) in [7, 11) is 3.51. The Morgan fingerprint density at radius 2 is 2.12 bits per heavy atom. The minimum absolute atomic E-state index is 0.325. The van der Waals surface area contributed by atoms with Crippen molar-refractivity contribution >= 4 is 11.0 Å². The lowest BCUT2D eigenvalue weighted by atomic mass is 10.1. The predicted molar refractivity (Wildman–Crippen MR) is 96.1 cm³/mol. The third kappa shape index (κ3) is 3.97. The van der Waals surface area contributed by atoms with Gasteiger partial charge in [-0.15, -0.1) is 0 Å². The number of unbranched alkanes of at least 4 members (excludes halogenated alkanes) is 1. The van der Waals surface area contributed by atoms with Crippen LogP contribution in [0.1, 0.15) is 49.8 Å². The van der Waals surface area contributed by atoms with Gasteiger partial charge in [-0.05, 0) is 38.7 Å². The highest BCUT2D eigenvalue weighted by Crippen LogP contribution is 2.30. The summed E-state index contributed by atoms with van der Waals surface area (Å²) in [5, 5.41) is 3.70. The first-order valence-electron chi connectivity index (χ1n) is 8.95. The molecule has 2 aromatic rings. The van der Waals surface area contributed by atoms with Crippen LogP contribution >= 0.6 is 0 Å². The van der Waals surface area contributed by atoms with E-state index in [0.29, 0.717) is 18.7 Å². The fraction of sp³-hybridized carbons (Fsp3) is 0.632. The van der Waals surface area contributed by atoms with E-state index in [1.54, 1.807) is 14.2 Å². The molecule has 0 aromatic carbocycles. The molecule has 0 spiro atoms. The van der Waals surface area contributed by atoms with Crippen LogP contribution in [0, 0.1) is 0 Å². The molecule has 24 heavy (non-hydrogen) atoms. The van der Waals surface area contributed by atoms with Crippen molar-refractivity contribution in [2.75, 3.05) is 20.8 Å². The van der Waals surface area contributed by atoms with Gasteiger partial charge in [0.05, 0.1) is 17.6 Å². The molecule has 1 fully saturated rings. The molecule has 1 saturated carbocycles. The number of rotatable bonds is 10. The average Bonchev–Trinajstić information content (AvgIpc) is 3.31. The van der Waals surface area contributed by atoms with E-state index in [1.165, 1.54) is 29.5 Å². The maximum atomic E-state index is 5.40. The van der Waals surface area contributed by atoms with Crippen LogP contribution in [0.25, 0.3) is 11.0 Å². The second-order valence-electron chi connectivity index (χ2n) is 6.74. The molecule has 1 aliphatic rings. The molecule has 1 unspecified atom stereocenters. The largest absolute Gasteiger partial charge is 0.385 e. The van der Waals surface area contributed by atoms with Crippen molar-refractivity contribution in [3.05, 3.63) is 29.6 Å². The minimum Gasteiger partial charge on any atom is -0.385 e. The Balaban J connectivity index is 1.90. The van der Waals surface area contributed by atoms with Crippen LogP contribution in [0.2, 0.25) is 0 Å². The molecule has 1 N–H and O–H groups in total. The van der Waals surface area contributed by atoms with E-state index in [-0.39, 0.29) is 0 Å². The van der Waals surface area contributed by atoms with Crippen LogP contribution in [0.5, 0.6) is 0 Å². The lowest BCUT2D eigenvalue weighted by Gasteiger charge is -2.11. The van der Waals surface area contributed by atoms with Crippen LogP contribution in [0.3, 0.4) is 0 Å². The summed E-state index contributed by atoms with van der Waals surface area (Å²) in [4.78, 5) is 4.70. The molecule has 5 heteroatoms. The van der Waals surface area contributed by atoms with Gasteiger partial charge in [-0.3, -0.25) is 4.98 Å². The molecule has 3 rings (SSSR count). The van der Waals surface area contributed by atoms with Gasteiger partial charge in [-0.1, -0.05) is 0 Å². The summed E-state index contributed by atoms with van der Waals surface area (Å²) in [5.41, 5.74) is 4.83. The van der Waals surface area contributed by atoms with E-state index in [4.69, 9.17) is 14.5 Å². The highest BCUT2D eigenvalue weighted by molar-refractivity contribution is 5.83. The molecular formula is C19H29N3O2. The Morgan fingerprint density at radius 1 is 1.29 bits per heavy atom. The predicted octanol–water partition coefficient (Wildman–Crippen LogP) is 3.42. The fourth-order valence-corrected chi connectivity index (χ4v) is 3.31. The normalized spacial score (nSPS) is 16.0. The standard InChI is InChI=1S/C19H29N3O2/c1-14(21-16-6-7-16)17-12-22(10-4-5-11-23-2)19-15(13-24-3)8-9-20-18(17)19/h8-9,12,14,16,21H,4-7,10-11,13H2,1-3H3. The molecule has 0 radical (unpaired) electrons. The van der Waals surface area contributed by atoms with E-state index in [9.17, 15) is 0 Å². The summed E-state index contributed by atoms with van der Waals surface area (Å²) >= 11 is 0. The smallest absolute Gasteiger partial charge is 0.0932 e. The Bertz CT molecular complexity index is 664. The zero-order valence-electron chi connectivity index (χ0n) is 15.0. The number of hydrogen-bond donors (Lipinski definition) is 1. The highest BCUT2D eigenvalue weighted by atomic mass is 16.5. The maximum absolute atomic E-state index is 5.40. The van der Waals surface area contributed by atoms with Crippen molar-refractivity contribution in [3.63, 3.8) is 0 Å². The van der Waals surface area contributed by atoms with Gasteiger partial charge in [-0.25, -0.2) is 0 Å². The number of fused-ring (bicyclic) bond motifs is 1. The molecule has 132 valence electrons. The number of pyridine rings is 1. The SMILES string of the molecule is COCCCCn1cc(C(C)NC2CC2)c2nccc(COC)c21. The Hall–Kier alpha value is -1.43. The molecule has 0 saturated heterocycles. The number of nitrogens with zero attached hydrogens (tertiary/aromatic N) is 2. The first-order valence-corrected chi connectivity index (χ1v) is 8.95. The number of ether oxygens (including phenoxy) is 2. The van der Waals surface area contributed by atoms with Gasteiger partial charge in [0.1, 0.15) is 0 Å². The molecular weight excluding hydrogens is 302 g/mol. The quantitative estimate of drug-likeness (QED) is 0.678. The van der Waals surface area contributed by atoms with Crippen LogP contribution in [0.15, 0.2) is 18.5 Å². The molecule has 5 nitrogen and oxygen atoms in total. The second-order valence-corrected chi connectivity index (χ2v) is 6.74. The molecule has 0 amide bonds. The van der Waals surface area contributed by atoms with E-state index in [1.807, 2.05) is 6.20 Å². The van der Waals surface area contributed by atoms with E-state index in [0.717, 1.165) is 31.5 Å². The van der Waals surface area contributed by atoms with Crippen LogP contribution < -0.4 is 5.32 Å². The summed E-state index contributed by atoms with van der Waals surface area (Å²) in [6, 6.07) is 3.08. The zero-order valence-corrected chi connectivity index (χ0v) is 15.0. The van der Waals surface area contributed by atoms with Gasteiger partial charge in [0.15, 0.2) is 0 Å². The van der Waals surface area contributed by atoms with Gasteiger partial charge in [-0.2, -0.15) is 0 Å². The average molecular weight is 331 g/mol. The van der Waals surface area contributed by atoms with E-state index < -0.39 is 0 Å². The van der Waals surface area contributed by atoms with Crippen molar-refractivity contribution in [2.24, 2.45) is 0 Å². The molecule has 0 aliphatic heterocycles. The number of methoxy groups -OCH3 is 2. The van der Waals surface area contributed by atoms with Gasteiger partial charge in [0.25, 0.3) is 0 Å². The summed E-state index contributed by atoms with van der Waals surface area (Å²) < 4.78 is 12.9. The Kier molecular flexibility index (Phi) is 5.87. The highest BCUT2D eigenvalue weighted by Gasteiger charge is 2.25. The van der Waals surface area contributed by atoms with Crippen LogP contribution in [-0.4, -0.2) is 36.4 Å². The number of hydrogen-bond acceptors (Lipinski definition) is 4. The lowest BCUT2D eigenvalue weighted by molar-refractivity contribution is 0.185. The van der Waals surface area contributed by atoms with Crippen molar-refractivity contribution in [1.29, 1.82) is 0 Å². The lowest BCUT2D eigenvalue weighted by Crippen LogP contribution is -2.20. The number of aromatic nitrogens is 2. The zero-order chi connectivity index (χ0) is 16.9.